The van der Waals surface area contributed by atoms with Crippen LogP contribution in [0.2, 0.25) is 0 Å². The van der Waals surface area contributed by atoms with E-state index in [-0.39, 0.29) is 22.3 Å². The molecular weight excluding hydrogens is 442 g/mol. The van der Waals surface area contributed by atoms with Crippen molar-refractivity contribution in [1.29, 1.82) is 0 Å². The molecule has 2 amide bonds. The average molecular weight is 472 g/mol. The summed E-state index contributed by atoms with van der Waals surface area (Å²) < 4.78 is 33.2. The molecule has 9 heteroatoms. The van der Waals surface area contributed by atoms with Gasteiger partial charge in [0.25, 0.3) is 5.91 Å². The molecule has 2 aliphatic rings. The molecule has 2 fully saturated rings. The minimum atomic E-state index is -3.72. The van der Waals surface area contributed by atoms with Gasteiger partial charge in [0.05, 0.1) is 18.1 Å². The Labute approximate surface area is 194 Å². The van der Waals surface area contributed by atoms with Gasteiger partial charge in [0, 0.05) is 43.0 Å². The fraction of sp³-hybridized carbons (Fsp3) is 0.417. The second kappa shape index (κ2) is 9.62. The summed E-state index contributed by atoms with van der Waals surface area (Å²) in [7, 11) is -3.72. The standard InChI is InChI=1S/C24H29N3O5S/c1-3-18-6-7-19(16-22(18)33(30,31)26-11-13-32-14-12-26)24(29)25-20-8-9-21(17(2)15-20)27-10-4-5-23(27)28/h6-9,15-16H,3-5,10-14H2,1-2H3,(H,25,29). The number of amides is 2. The lowest BCUT2D eigenvalue weighted by Crippen LogP contribution is -2.41. The number of sulfonamides is 1. The first kappa shape index (κ1) is 23.4. The molecule has 0 spiro atoms. The summed E-state index contributed by atoms with van der Waals surface area (Å²) in [6.45, 7) is 5.82. The lowest BCUT2D eigenvalue weighted by molar-refractivity contribution is -0.117. The third kappa shape index (κ3) is 4.80. The maximum absolute atomic E-state index is 13.2. The zero-order chi connectivity index (χ0) is 23.6. The molecule has 33 heavy (non-hydrogen) atoms. The van der Waals surface area contributed by atoms with E-state index in [1.807, 2.05) is 26.0 Å². The Morgan fingerprint density at radius 1 is 1.09 bits per heavy atom. The van der Waals surface area contributed by atoms with Gasteiger partial charge in [-0.05, 0) is 61.2 Å². The van der Waals surface area contributed by atoms with Gasteiger partial charge in [-0.2, -0.15) is 4.31 Å². The van der Waals surface area contributed by atoms with E-state index in [0.29, 0.717) is 56.9 Å². The Bertz CT molecular complexity index is 1170. The molecule has 8 nitrogen and oxygen atoms in total. The Balaban J connectivity index is 1.57. The van der Waals surface area contributed by atoms with Gasteiger partial charge in [-0.15, -0.1) is 0 Å². The Hall–Kier alpha value is -2.75. The molecule has 2 heterocycles. The van der Waals surface area contributed by atoms with E-state index in [1.54, 1.807) is 23.1 Å². The van der Waals surface area contributed by atoms with Crippen LogP contribution in [0.4, 0.5) is 11.4 Å². The number of nitrogens with zero attached hydrogens (tertiary/aromatic N) is 2. The van der Waals surface area contributed by atoms with Gasteiger partial charge in [-0.3, -0.25) is 9.59 Å². The molecule has 0 aromatic heterocycles. The van der Waals surface area contributed by atoms with Crippen LogP contribution in [0.5, 0.6) is 0 Å². The molecule has 0 unspecified atom stereocenters. The number of ether oxygens (including phenoxy) is 1. The lowest BCUT2D eigenvalue weighted by atomic mass is 10.1. The smallest absolute Gasteiger partial charge is 0.255 e. The first-order chi connectivity index (χ1) is 15.8. The normalized spacial score (nSPS) is 17.4. The quantitative estimate of drug-likeness (QED) is 0.699. The van der Waals surface area contributed by atoms with Gasteiger partial charge in [-0.25, -0.2) is 8.42 Å². The van der Waals surface area contributed by atoms with E-state index in [0.717, 1.165) is 17.7 Å². The van der Waals surface area contributed by atoms with Crippen LogP contribution < -0.4 is 10.2 Å². The second-order valence-corrected chi connectivity index (χ2v) is 10.2. The molecule has 2 aliphatic heterocycles. The third-order valence-corrected chi connectivity index (χ3v) is 8.10. The van der Waals surface area contributed by atoms with Crippen molar-refractivity contribution in [2.75, 3.05) is 43.1 Å². The highest BCUT2D eigenvalue weighted by Crippen LogP contribution is 2.28. The maximum Gasteiger partial charge on any atom is 0.255 e. The van der Waals surface area contributed by atoms with Crippen LogP contribution in [-0.2, 0) is 26.0 Å². The summed E-state index contributed by atoms with van der Waals surface area (Å²) >= 11 is 0. The molecule has 2 aromatic rings. The van der Waals surface area contributed by atoms with Crippen LogP contribution >= 0.6 is 0 Å². The molecule has 0 radical (unpaired) electrons. The van der Waals surface area contributed by atoms with E-state index < -0.39 is 10.0 Å². The van der Waals surface area contributed by atoms with Crippen LogP contribution in [0.1, 0.15) is 41.3 Å². The molecule has 0 aliphatic carbocycles. The predicted octanol–water partition coefficient (Wildman–Crippen LogP) is 2.96. The first-order valence-electron chi connectivity index (χ1n) is 11.2. The van der Waals surface area contributed by atoms with Crippen molar-refractivity contribution >= 4 is 33.2 Å². The summed E-state index contributed by atoms with van der Waals surface area (Å²) in [5, 5.41) is 2.85. The van der Waals surface area contributed by atoms with Crippen molar-refractivity contribution in [3.8, 4) is 0 Å². The largest absolute Gasteiger partial charge is 0.379 e. The van der Waals surface area contributed by atoms with Crippen molar-refractivity contribution in [2.24, 2.45) is 0 Å². The Kier molecular flexibility index (Phi) is 6.83. The van der Waals surface area contributed by atoms with Crippen LogP contribution in [-0.4, -0.2) is 57.4 Å². The van der Waals surface area contributed by atoms with Gasteiger partial charge in [0.2, 0.25) is 15.9 Å². The van der Waals surface area contributed by atoms with Crippen LogP contribution in [0.25, 0.3) is 0 Å². The van der Waals surface area contributed by atoms with Gasteiger partial charge < -0.3 is 15.0 Å². The van der Waals surface area contributed by atoms with E-state index in [1.165, 1.54) is 10.4 Å². The van der Waals surface area contributed by atoms with Crippen molar-refractivity contribution in [1.82, 2.24) is 4.31 Å². The van der Waals surface area contributed by atoms with Gasteiger partial charge in [0.1, 0.15) is 0 Å². The number of aryl methyl sites for hydroxylation is 2. The minimum Gasteiger partial charge on any atom is -0.379 e. The van der Waals surface area contributed by atoms with Crippen LogP contribution in [0.15, 0.2) is 41.3 Å². The summed E-state index contributed by atoms with van der Waals surface area (Å²) in [5.41, 5.74) is 3.27. The van der Waals surface area contributed by atoms with Crippen LogP contribution in [0.3, 0.4) is 0 Å². The average Bonchev–Trinajstić information content (AvgIpc) is 3.24. The molecular formula is C24H29N3O5S. The number of nitrogens with one attached hydrogen (secondary N) is 1. The minimum absolute atomic E-state index is 0.111. The molecule has 0 bridgehead atoms. The van der Waals surface area contributed by atoms with E-state index in [2.05, 4.69) is 5.32 Å². The number of hydrogen-bond donors (Lipinski definition) is 1. The second-order valence-electron chi connectivity index (χ2n) is 8.30. The van der Waals surface area contributed by atoms with Gasteiger partial charge in [-0.1, -0.05) is 13.0 Å². The molecule has 176 valence electrons. The highest BCUT2D eigenvalue weighted by Gasteiger charge is 2.29. The molecule has 4 rings (SSSR count). The summed E-state index contributed by atoms with van der Waals surface area (Å²) in [6, 6.07) is 10.2. The Morgan fingerprint density at radius 2 is 1.85 bits per heavy atom. The molecule has 0 atom stereocenters. The monoisotopic (exact) mass is 471 g/mol. The number of rotatable bonds is 6. The molecule has 1 N–H and O–H groups in total. The van der Waals surface area contributed by atoms with Crippen molar-refractivity contribution in [3.63, 3.8) is 0 Å². The fourth-order valence-electron chi connectivity index (χ4n) is 4.30. The fourth-order valence-corrected chi connectivity index (χ4v) is 6.02. The number of carbonyl (C=O) groups excluding carboxylic acids is 2. The van der Waals surface area contributed by atoms with Crippen molar-refractivity contribution in [2.45, 2.75) is 38.0 Å². The zero-order valence-electron chi connectivity index (χ0n) is 19.0. The Morgan fingerprint density at radius 3 is 2.48 bits per heavy atom. The highest BCUT2D eigenvalue weighted by molar-refractivity contribution is 7.89. The lowest BCUT2D eigenvalue weighted by Gasteiger charge is -2.27. The number of morpholine rings is 1. The number of anilines is 2. The summed E-state index contributed by atoms with van der Waals surface area (Å²) in [4.78, 5) is 27.0. The molecule has 0 saturated carbocycles. The zero-order valence-corrected chi connectivity index (χ0v) is 19.8. The van der Waals surface area contributed by atoms with Crippen molar-refractivity contribution < 1.29 is 22.7 Å². The number of hydrogen-bond acceptors (Lipinski definition) is 5. The van der Waals surface area contributed by atoms with Crippen LogP contribution in [0, 0.1) is 6.92 Å². The third-order valence-electron chi connectivity index (χ3n) is 6.12. The highest BCUT2D eigenvalue weighted by atomic mass is 32.2. The van der Waals surface area contributed by atoms with E-state index in [4.69, 9.17) is 4.74 Å². The topological polar surface area (TPSA) is 96.0 Å². The maximum atomic E-state index is 13.2. The summed E-state index contributed by atoms with van der Waals surface area (Å²) in [6.07, 6.45) is 1.94. The van der Waals surface area contributed by atoms with E-state index >= 15 is 0 Å². The van der Waals surface area contributed by atoms with Gasteiger partial charge in [0.15, 0.2) is 0 Å². The predicted molar refractivity (Wildman–Crippen MR) is 126 cm³/mol. The molecule has 2 aromatic carbocycles. The number of benzene rings is 2. The number of carbonyl (C=O) groups is 2. The van der Waals surface area contributed by atoms with Gasteiger partial charge >= 0.3 is 0 Å². The molecule has 2 saturated heterocycles. The van der Waals surface area contributed by atoms with E-state index in [9.17, 15) is 18.0 Å². The SMILES string of the molecule is CCc1ccc(C(=O)Nc2ccc(N3CCCC3=O)c(C)c2)cc1S(=O)(=O)N1CCOCC1. The first-order valence-corrected chi connectivity index (χ1v) is 12.7. The summed E-state index contributed by atoms with van der Waals surface area (Å²) in [5.74, 6) is -0.277. The van der Waals surface area contributed by atoms with Crippen molar-refractivity contribution in [3.05, 3.63) is 53.1 Å².